The van der Waals surface area contributed by atoms with Gasteiger partial charge in [0.1, 0.15) is 0 Å². The van der Waals surface area contributed by atoms with Crippen LogP contribution in [0.5, 0.6) is 0 Å². The fourth-order valence-corrected chi connectivity index (χ4v) is 3.95. The number of nitrogens with zero attached hydrogens (tertiary/aromatic N) is 1. The zero-order chi connectivity index (χ0) is 20.2. The molecule has 1 aromatic carbocycles. The van der Waals surface area contributed by atoms with Crippen LogP contribution in [-0.4, -0.2) is 36.5 Å². The molecule has 0 amide bonds. The van der Waals surface area contributed by atoms with Crippen molar-refractivity contribution in [2.24, 2.45) is 5.41 Å². The molecule has 0 saturated heterocycles. The van der Waals surface area contributed by atoms with Gasteiger partial charge in [-0.05, 0) is 73.5 Å². The van der Waals surface area contributed by atoms with Crippen molar-refractivity contribution >= 4 is 29.2 Å². The van der Waals surface area contributed by atoms with Gasteiger partial charge in [0, 0.05) is 30.0 Å². The number of benzene rings is 1. The van der Waals surface area contributed by atoms with Gasteiger partial charge in [-0.2, -0.15) is 23.1 Å². The molecule has 0 spiro atoms. The van der Waals surface area contributed by atoms with E-state index in [9.17, 15) is 0 Å². The van der Waals surface area contributed by atoms with E-state index in [4.69, 9.17) is 0 Å². The Hall–Kier alpha value is -1.73. The molecule has 28 heavy (non-hydrogen) atoms. The summed E-state index contributed by atoms with van der Waals surface area (Å²) in [7, 11) is 2.16. The Morgan fingerprint density at radius 3 is 2.75 bits per heavy atom. The van der Waals surface area contributed by atoms with Crippen LogP contribution in [0, 0.1) is 17.3 Å². The van der Waals surface area contributed by atoms with Crippen molar-refractivity contribution in [3.05, 3.63) is 64.9 Å². The van der Waals surface area contributed by atoms with E-state index in [1.165, 1.54) is 16.7 Å². The van der Waals surface area contributed by atoms with Crippen molar-refractivity contribution in [3.8, 4) is 23.0 Å². The number of hydrogen-bond acceptors (Lipinski definition) is 3. The third-order valence-corrected chi connectivity index (χ3v) is 5.53. The predicted molar refractivity (Wildman–Crippen MR) is 130 cm³/mol. The van der Waals surface area contributed by atoms with Crippen LogP contribution >= 0.6 is 23.1 Å². The highest BCUT2D eigenvalue weighted by molar-refractivity contribution is 7.99. The molecule has 0 aliphatic rings. The van der Waals surface area contributed by atoms with Gasteiger partial charge in [0.2, 0.25) is 0 Å². The number of hydrogen-bond donors (Lipinski definition) is 0. The van der Waals surface area contributed by atoms with Gasteiger partial charge in [-0.3, -0.25) is 0 Å². The van der Waals surface area contributed by atoms with Crippen LogP contribution in [0.1, 0.15) is 26.3 Å². The quantitative estimate of drug-likeness (QED) is 0.335. The maximum Gasteiger partial charge on any atom is 0.0233 e. The Kier molecular flexibility index (Phi) is 9.64. The zero-order valence-corrected chi connectivity index (χ0v) is 19.1. The summed E-state index contributed by atoms with van der Waals surface area (Å²) in [4.78, 5) is 2.33. The highest BCUT2D eigenvalue weighted by Gasteiger charge is 2.02. The minimum atomic E-state index is 0.0750. The first-order valence-corrected chi connectivity index (χ1v) is 11.8. The molecule has 0 N–H and O–H groups in total. The largest absolute Gasteiger partial charge is 0.302 e. The van der Waals surface area contributed by atoms with Crippen molar-refractivity contribution in [2.45, 2.75) is 20.8 Å². The fraction of sp³-hybridized carbons (Fsp3) is 0.360. The smallest absolute Gasteiger partial charge is 0.0233 e. The van der Waals surface area contributed by atoms with E-state index in [0.29, 0.717) is 0 Å². The van der Waals surface area contributed by atoms with Crippen LogP contribution in [0.2, 0.25) is 0 Å². The molecule has 2 rings (SSSR count). The molecule has 0 bridgehead atoms. The van der Waals surface area contributed by atoms with Crippen molar-refractivity contribution in [3.63, 3.8) is 0 Å². The van der Waals surface area contributed by atoms with Gasteiger partial charge < -0.3 is 4.90 Å². The highest BCUT2D eigenvalue weighted by Crippen LogP contribution is 2.23. The summed E-state index contributed by atoms with van der Waals surface area (Å²) in [6.45, 7) is 8.43. The van der Waals surface area contributed by atoms with Gasteiger partial charge >= 0.3 is 0 Å². The molecule has 0 unspecified atom stereocenters. The van der Waals surface area contributed by atoms with Crippen LogP contribution in [0.15, 0.2) is 59.3 Å². The molecular weight excluding hydrogens is 378 g/mol. The van der Waals surface area contributed by atoms with Crippen molar-refractivity contribution < 1.29 is 0 Å². The summed E-state index contributed by atoms with van der Waals surface area (Å²) in [6.07, 6.45) is 8.61. The maximum atomic E-state index is 3.22. The minimum absolute atomic E-state index is 0.0750. The van der Waals surface area contributed by atoms with E-state index in [1.807, 2.05) is 17.8 Å². The number of thioether (sulfide) groups is 1. The summed E-state index contributed by atoms with van der Waals surface area (Å²) < 4.78 is 0. The molecule has 0 saturated carbocycles. The molecular formula is C25H31NS2. The predicted octanol–water partition coefficient (Wildman–Crippen LogP) is 6.70. The van der Waals surface area contributed by atoms with Crippen molar-refractivity contribution in [1.82, 2.24) is 4.90 Å². The lowest BCUT2D eigenvalue weighted by molar-refractivity contribution is 0.396. The normalized spacial score (nSPS) is 12.0. The number of allylic oxidation sites excluding steroid dienone is 1. The topological polar surface area (TPSA) is 3.24 Å². The van der Waals surface area contributed by atoms with Gasteiger partial charge in [-0.1, -0.05) is 48.3 Å². The number of rotatable bonds is 9. The summed E-state index contributed by atoms with van der Waals surface area (Å²) >= 11 is 3.71. The van der Waals surface area contributed by atoms with Crippen LogP contribution < -0.4 is 0 Å². The Morgan fingerprint density at radius 2 is 2.00 bits per heavy atom. The molecule has 3 heteroatoms. The van der Waals surface area contributed by atoms with Crippen LogP contribution in [0.4, 0.5) is 0 Å². The molecule has 0 fully saturated rings. The molecule has 0 radical (unpaired) electrons. The number of likely N-dealkylation sites (N-methyl/N-ethyl adjacent to an activating group) is 1. The van der Waals surface area contributed by atoms with Gasteiger partial charge in [0.25, 0.3) is 0 Å². The summed E-state index contributed by atoms with van der Waals surface area (Å²) in [5, 5.41) is 4.32. The lowest BCUT2D eigenvalue weighted by Gasteiger charge is -2.13. The summed E-state index contributed by atoms with van der Waals surface area (Å²) in [5.74, 6) is 8.52. The molecule has 1 heterocycles. The van der Waals surface area contributed by atoms with Crippen molar-refractivity contribution in [2.75, 3.05) is 31.6 Å². The maximum absolute atomic E-state index is 3.22. The SMILES string of the molecule is CN(CC=CC#CC(C)(C)C)CCSCC=Cc1cccc(-c2ccsc2)c1. The minimum Gasteiger partial charge on any atom is -0.302 e. The third-order valence-electron chi connectivity index (χ3n) is 3.95. The monoisotopic (exact) mass is 409 g/mol. The standard InChI is InChI=1S/C25H31NS2/c1-25(2,3)14-6-5-7-15-26(4)16-19-27-17-9-11-22-10-8-12-23(20-22)24-13-18-28-21-24/h5,7-13,18,20-21H,15-17,19H2,1-4H3. The molecule has 0 atom stereocenters. The Balaban J connectivity index is 1.64. The summed E-state index contributed by atoms with van der Waals surface area (Å²) in [6, 6.07) is 10.9. The molecule has 148 valence electrons. The van der Waals surface area contributed by atoms with Gasteiger partial charge in [-0.25, -0.2) is 0 Å². The lowest BCUT2D eigenvalue weighted by atomic mass is 9.98. The molecule has 0 aliphatic carbocycles. The van der Waals surface area contributed by atoms with E-state index in [0.717, 1.165) is 24.6 Å². The van der Waals surface area contributed by atoms with E-state index in [1.54, 1.807) is 11.3 Å². The van der Waals surface area contributed by atoms with E-state index in [-0.39, 0.29) is 5.41 Å². The first-order valence-electron chi connectivity index (χ1n) is 9.67. The first kappa shape index (κ1) is 22.6. The average molecular weight is 410 g/mol. The van der Waals surface area contributed by atoms with E-state index >= 15 is 0 Å². The van der Waals surface area contributed by atoms with Crippen molar-refractivity contribution in [1.29, 1.82) is 0 Å². The Morgan fingerprint density at radius 1 is 1.14 bits per heavy atom. The molecule has 1 aromatic heterocycles. The van der Waals surface area contributed by atoms with Gasteiger partial charge in [0.05, 0.1) is 0 Å². The first-order chi connectivity index (χ1) is 13.4. The zero-order valence-electron chi connectivity index (χ0n) is 17.4. The van der Waals surface area contributed by atoms with Crippen LogP contribution in [-0.2, 0) is 0 Å². The molecule has 1 nitrogen and oxygen atoms in total. The van der Waals surface area contributed by atoms with E-state index in [2.05, 4.69) is 104 Å². The van der Waals surface area contributed by atoms with E-state index < -0.39 is 0 Å². The molecule has 2 aromatic rings. The van der Waals surface area contributed by atoms with Gasteiger partial charge in [0.15, 0.2) is 0 Å². The molecule has 0 aliphatic heterocycles. The van der Waals surface area contributed by atoms with Crippen LogP contribution in [0.3, 0.4) is 0 Å². The second-order valence-electron chi connectivity index (χ2n) is 7.80. The third kappa shape index (κ3) is 9.46. The highest BCUT2D eigenvalue weighted by atomic mass is 32.2. The lowest BCUT2D eigenvalue weighted by Crippen LogP contribution is -2.21. The average Bonchev–Trinajstić information content (AvgIpc) is 3.18. The Labute approximate surface area is 179 Å². The number of thiophene rings is 1. The summed E-state index contributed by atoms with van der Waals surface area (Å²) in [5.41, 5.74) is 3.93. The second-order valence-corrected chi connectivity index (χ2v) is 9.73. The Bertz CT molecular complexity index is 814. The van der Waals surface area contributed by atoms with Crippen LogP contribution in [0.25, 0.3) is 17.2 Å². The second kappa shape index (κ2) is 12.0. The van der Waals surface area contributed by atoms with Gasteiger partial charge in [-0.15, -0.1) is 0 Å². The fourth-order valence-electron chi connectivity index (χ4n) is 2.45.